The fraction of sp³-hybridized carbons (Fsp3) is 0.222. The van der Waals surface area contributed by atoms with Crippen LogP contribution in [-0.2, 0) is 6.54 Å². The third-order valence-electron chi connectivity index (χ3n) is 1.85. The van der Waals surface area contributed by atoms with Crippen molar-refractivity contribution in [2.24, 2.45) is 0 Å². The number of halogens is 1. The highest BCUT2D eigenvalue weighted by atomic mass is 79.9. The Labute approximate surface area is 99.1 Å². The molecule has 0 radical (unpaired) electrons. The molecule has 2 heterocycles. The number of aryl methyl sites for hydroxylation is 1. The first-order valence-corrected chi connectivity index (χ1v) is 6.63. The Morgan fingerprint density at radius 3 is 3.00 bits per heavy atom. The normalized spacial score (nSPS) is 10.4. The summed E-state index contributed by atoms with van der Waals surface area (Å²) in [4.78, 5) is 5.58. The highest BCUT2D eigenvalue weighted by molar-refractivity contribution is 9.11. The molecule has 0 unspecified atom stereocenters. The second-order valence-corrected chi connectivity index (χ2v) is 6.26. The molecule has 2 aromatic heterocycles. The molecule has 2 nitrogen and oxygen atoms in total. The van der Waals surface area contributed by atoms with Crippen LogP contribution in [0.3, 0.4) is 0 Å². The first-order valence-electron chi connectivity index (χ1n) is 4.14. The first kappa shape index (κ1) is 10.1. The Bertz CT molecular complexity index is 422. The molecule has 0 aromatic carbocycles. The zero-order valence-electron chi connectivity index (χ0n) is 7.58. The second kappa shape index (κ2) is 4.42. The van der Waals surface area contributed by atoms with E-state index in [0.717, 1.165) is 15.5 Å². The molecule has 0 aliphatic carbocycles. The number of anilines is 1. The number of nitrogens with zero attached hydrogens (tertiary/aromatic N) is 1. The number of hydrogen-bond acceptors (Lipinski definition) is 4. The average molecular weight is 289 g/mol. The molecule has 1 N–H and O–H groups in total. The highest BCUT2D eigenvalue weighted by Crippen LogP contribution is 2.24. The van der Waals surface area contributed by atoms with Gasteiger partial charge >= 0.3 is 0 Å². The van der Waals surface area contributed by atoms with Crippen LogP contribution >= 0.6 is 38.6 Å². The van der Waals surface area contributed by atoms with E-state index in [1.165, 1.54) is 10.4 Å². The van der Waals surface area contributed by atoms with Crippen LogP contribution in [0.2, 0.25) is 0 Å². The maximum Gasteiger partial charge on any atom is 0.184 e. The molecular formula is C9H9BrN2S2. The first-order chi connectivity index (χ1) is 6.75. The van der Waals surface area contributed by atoms with Gasteiger partial charge in [0.05, 0.1) is 16.5 Å². The van der Waals surface area contributed by atoms with Crippen molar-refractivity contribution < 1.29 is 0 Å². The van der Waals surface area contributed by atoms with E-state index >= 15 is 0 Å². The molecule has 2 aromatic rings. The van der Waals surface area contributed by atoms with Crippen molar-refractivity contribution in [3.63, 3.8) is 0 Å². The lowest BCUT2D eigenvalue weighted by atomic mass is 10.3. The van der Waals surface area contributed by atoms with E-state index in [9.17, 15) is 0 Å². The second-order valence-electron chi connectivity index (χ2n) is 2.85. The van der Waals surface area contributed by atoms with Crippen LogP contribution < -0.4 is 5.32 Å². The van der Waals surface area contributed by atoms with Crippen LogP contribution in [0.25, 0.3) is 0 Å². The third kappa shape index (κ3) is 2.34. The molecule has 0 bridgehead atoms. The molecule has 5 heteroatoms. The van der Waals surface area contributed by atoms with Crippen molar-refractivity contribution in [3.05, 3.63) is 31.9 Å². The predicted molar refractivity (Wildman–Crippen MR) is 66.2 cm³/mol. The van der Waals surface area contributed by atoms with E-state index in [-0.39, 0.29) is 0 Å². The molecule has 74 valence electrons. The van der Waals surface area contributed by atoms with Gasteiger partial charge in [-0.1, -0.05) is 11.3 Å². The van der Waals surface area contributed by atoms with Crippen LogP contribution in [0.5, 0.6) is 0 Å². The smallest absolute Gasteiger partial charge is 0.184 e. The van der Waals surface area contributed by atoms with E-state index in [1.54, 1.807) is 22.7 Å². The van der Waals surface area contributed by atoms with Crippen molar-refractivity contribution in [1.29, 1.82) is 0 Å². The Morgan fingerprint density at radius 2 is 2.43 bits per heavy atom. The summed E-state index contributed by atoms with van der Waals surface area (Å²) in [7, 11) is 0. The molecule has 0 amide bonds. The highest BCUT2D eigenvalue weighted by Gasteiger charge is 2.01. The summed E-state index contributed by atoms with van der Waals surface area (Å²) in [5.41, 5.74) is 1.35. The van der Waals surface area contributed by atoms with Crippen molar-refractivity contribution >= 4 is 43.7 Å². The van der Waals surface area contributed by atoms with Crippen molar-refractivity contribution in [2.45, 2.75) is 13.5 Å². The SMILES string of the molecule is Cc1ccsc1CNc1ncc(Br)s1. The minimum Gasteiger partial charge on any atom is -0.357 e. The summed E-state index contributed by atoms with van der Waals surface area (Å²) in [6, 6.07) is 2.14. The number of rotatable bonds is 3. The van der Waals surface area contributed by atoms with Gasteiger partial charge in [-0.25, -0.2) is 4.98 Å². The monoisotopic (exact) mass is 288 g/mol. The molecular weight excluding hydrogens is 280 g/mol. The van der Waals surface area contributed by atoms with Gasteiger partial charge in [-0.3, -0.25) is 0 Å². The third-order valence-corrected chi connectivity index (χ3v) is 4.30. The lowest BCUT2D eigenvalue weighted by Gasteiger charge is -2.00. The van der Waals surface area contributed by atoms with E-state index in [4.69, 9.17) is 0 Å². The molecule has 0 aliphatic heterocycles. The van der Waals surface area contributed by atoms with Crippen LogP contribution in [0.15, 0.2) is 21.4 Å². The quantitative estimate of drug-likeness (QED) is 0.927. The minimum absolute atomic E-state index is 0.865. The van der Waals surface area contributed by atoms with Gasteiger partial charge in [0.15, 0.2) is 5.13 Å². The Hall–Kier alpha value is -0.390. The topological polar surface area (TPSA) is 24.9 Å². The van der Waals surface area contributed by atoms with Gasteiger partial charge in [0, 0.05) is 4.88 Å². The van der Waals surface area contributed by atoms with Crippen molar-refractivity contribution in [3.8, 4) is 0 Å². The molecule has 0 fully saturated rings. The van der Waals surface area contributed by atoms with Gasteiger partial charge in [0.25, 0.3) is 0 Å². The zero-order chi connectivity index (χ0) is 9.97. The van der Waals surface area contributed by atoms with E-state index < -0.39 is 0 Å². The number of thiophene rings is 1. The number of aromatic nitrogens is 1. The summed E-state index contributed by atoms with van der Waals surface area (Å²) < 4.78 is 1.06. The Balaban J connectivity index is 1.98. The van der Waals surface area contributed by atoms with Crippen molar-refractivity contribution in [2.75, 3.05) is 5.32 Å². The molecule has 14 heavy (non-hydrogen) atoms. The minimum atomic E-state index is 0.865. The van der Waals surface area contributed by atoms with Crippen LogP contribution in [-0.4, -0.2) is 4.98 Å². The molecule has 0 saturated carbocycles. The maximum atomic E-state index is 4.21. The van der Waals surface area contributed by atoms with Gasteiger partial charge in [-0.05, 0) is 39.9 Å². The van der Waals surface area contributed by atoms with E-state index in [2.05, 4.69) is 44.6 Å². The van der Waals surface area contributed by atoms with Gasteiger partial charge in [0.1, 0.15) is 0 Å². The molecule has 0 atom stereocenters. The summed E-state index contributed by atoms with van der Waals surface area (Å²) in [6.45, 7) is 2.99. The van der Waals surface area contributed by atoms with E-state index in [0.29, 0.717) is 0 Å². The Morgan fingerprint density at radius 1 is 1.57 bits per heavy atom. The standard InChI is InChI=1S/C9H9BrN2S2/c1-6-2-3-13-7(6)4-11-9-12-5-8(10)14-9/h2-3,5H,4H2,1H3,(H,11,12). The van der Waals surface area contributed by atoms with Gasteiger partial charge < -0.3 is 5.32 Å². The average Bonchev–Trinajstić information content (AvgIpc) is 2.72. The largest absolute Gasteiger partial charge is 0.357 e. The number of thiazole rings is 1. The zero-order valence-corrected chi connectivity index (χ0v) is 10.8. The van der Waals surface area contributed by atoms with Crippen LogP contribution in [0.4, 0.5) is 5.13 Å². The summed E-state index contributed by atoms with van der Waals surface area (Å²) >= 11 is 6.78. The maximum absolute atomic E-state index is 4.21. The fourth-order valence-corrected chi connectivity index (χ4v) is 3.03. The number of nitrogens with one attached hydrogen (secondary N) is 1. The summed E-state index contributed by atoms with van der Waals surface area (Å²) in [5.74, 6) is 0. The lowest BCUT2D eigenvalue weighted by Crippen LogP contribution is -1.97. The molecule has 0 saturated heterocycles. The molecule has 2 rings (SSSR count). The predicted octanol–water partition coefficient (Wildman–Crippen LogP) is 3.89. The fourth-order valence-electron chi connectivity index (χ4n) is 1.08. The number of hydrogen-bond donors (Lipinski definition) is 1. The van der Waals surface area contributed by atoms with Crippen LogP contribution in [0.1, 0.15) is 10.4 Å². The summed E-state index contributed by atoms with van der Waals surface area (Å²) in [6.07, 6.45) is 1.81. The van der Waals surface area contributed by atoms with Crippen LogP contribution in [0, 0.1) is 6.92 Å². The molecule has 0 aliphatic rings. The van der Waals surface area contributed by atoms with E-state index in [1.807, 2.05) is 6.20 Å². The Kier molecular flexibility index (Phi) is 3.20. The van der Waals surface area contributed by atoms with Gasteiger partial charge in [-0.2, -0.15) is 0 Å². The molecule has 0 spiro atoms. The van der Waals surface area contributed by atoms with Gasteiger partial charge in [0.2, 0.25) is 0 Å². The van der Waals surface area contributed by atoms with Crippen molar-refractivity contribution in [1.82, 2.24) is 4.98 Å². The van der Waals surface area contributed by atoms with Gasteiger partial charge in [-0.15, -0.1) is 11.3 Å². The lowest BCUT2D eigenvalue weighted by molar-refractivity contribution is 1.15. The summed E-state index contributed by atoms with van der Waals surface area (Å²) in [5, 5.41) is 6.37.